The van der Waals surface area contributed by atoms with Crippen LogP contribution in [0.1, 0.15) is 24.2 Å². The van der Waals surface area contributed by atoms with Crippen molar-refractivity contribution in [2.75, 3.05) is 14.2 Å². The molecule has 22 heavy (non-hydrogen) atoms. The molecule has 1 rings (SSSR count). The van der Waals surface area contributed by atoms with Gasteiger partial charge in [0, 0.05) is 11.5 Å². The third-order valence-electron chi connectivity index (χ3n) is 2.70. The normalized spacial score (nSPS) is 9.86. The average Bonchev–Trinajstić information content (AvgIpc) is 2.51. The molecule has 0 fully saturated rings. The summed E-state index contributed by atoms with van der Waals surface area (Å²) in [4.78, 5) is 23.4. The zero-order valence-corrected chi connectivity index (χ0v) is 13.7. The molecule has 1 aromatic rings. The zero-order chi connectivity index (χ0) is 16.7. The summed E-state index contributed by atoms with van der Waals surface area (Å²) in [6, 6.07) is 4.73. The lowest BCUT2D eigenvalue weighted by atomic mass is 10.2. The molecule has 0 bridgehead atoms. The molecule has 120 valence electrons. The second-order valence-electron chi connectivity index (χ2n) is 4.62. The molecule has 0 aliphatic heterocycles. The van der Waals surface area contributed by atoms with Gasteiger partial charge >= 0.3 is 0 Å². The lowest BCUT2D eigenvalue weighted by molar-refractivity contribution is -0.122. The van der Waals surface area contributed by atoms with Crippen molar-refractivity contribution in [3.05, 3.63) is 23.8 Å². The number of amides is 2. The molecule has 2 amide bonds. The first-order valence-corrected chi connectivity index (χ1v) is 6.93. The summed E-state index contributed by atoms with van der Waals surface area (Å²) in [7, 11) is 2.99. The maximum Gasteiger partial charge on any atom is 0.269 e. The summed E-state index contributed by atoms with van der Waals surface area (Å²) >= 11 is 4.90. The van der Waals surface area contributed by atoms with Gasteiger partial charge in [0.05, 0.1) is 14.2 Å². The van der Waals surface area contributed by atoms with Crippen molar-refractivity contribution in [3.8, 4) is 11.5 Å². The van der Waals surface area contributed by atoms with Crippen molar-refractivity contribution in [2.45, 2.75) is 13.8 Å². The summed E-state index contributed by atoms with van der Waals surface area (Å²) in [5.41, 5.74) is 5.20. The summed E-state index contributed by atoms with van der Waals surface area (Å²) < 4.78 is 10.2. The van der Waals surface area contributed by atoms with Crippen molar-refractivity contribution in [3.63, 3.8) is 0 Å². The zero-order valence-electron chi connectivity index (χ0n) is 12.9. The number of benzene rings is 1. The average molecular weight is 325 g/mol. The fourth-order valence-electron chi connectivity index (χ4n) is 1.45. The van der Waals surface area contributed by atoms with E-state index in [-0.39, 0.29) is 16.9 Å². The summed E-state index contributed by atoms with van der Waals surface area (Å²) in [5, 5.41) is 2.47. The minimum Gasteiger partial charge on any atom is -0.493 e. The monoisotopic (exact) mass is 325 g/mol. The number of methoxy groups -OCH3 is 2. The van der Waals surface area contributed by atoms with E-state index in [1.54, 1.807) is 26.0 Å². The van der Waals surface area contributed by atoms with Crippen LogP contribution in [-0.2, 0) is 4.79 Å². The van der Waals surface area contributed by atoms with Crippen LogP contribution >= 0.6 is 12.2 Å². The van der Waals surface area contributed by atoms with Crippen LogP contribution in [0, 0.1) is 5.92 Å². The molecule has 0 saturated carbocycles. The van der Waals surface area contributed by atoms with Gasteiger partial charge in [-0.15, -0.1) is 0 Å². The minimum atomic E-state index is -0.429. The van der Waals surface area contributed by atoms with Gasteiger partial charge in [-0.05, 0) is 30.4 Å². The quantitative estimate of drug-likeness (QED) is 0.565. The summed E-state index contributed by atoms with van der Waals surface area (Å²) in [6.45, 7) is 3.47. The highest BCUT2D eigenvalue weighted by molar-refractivity contribution is 7.80. The van der Waals surface area contributed by atoms with Gasteiger partial charge in [0.2, 0.25) is 5.91 Å². The molecule has 7 nitrogen and oxygen atoms in total. The maximum absolute atomic E-state index is 12.0. The Balaban J connectivity index is 2.62. The molecule has 0 unspecified atom stereocenters. The molecule has 0 heterocycles. The fraction of sp³-hybridized carbons (Fsp3) is 0.357. The highest BCUT2D eigenvalue weighted by atomic mass is 32.1. The van der Waals surface area contributed by atoms with Crippen LogP contribution in [0.3, 0.4) is 0 Å². The topological polar surface area (TPSA) is 88.7 Å². The summed E-state index contributed by atoms with van der Waals surface area (Å²) in [6.07, 6.45) is 0. The van der Waals surface area contributed by atoms with Crippen molar-refractivity contribution in [2.24, 2.45) is 5.92 Å². The Labute approximate surface area is 134 Å². The van der Waals surface area contributed by atoms with Gasteiger partial charge in [-0.25, -0.2) is 0 Å². The molecule has 8 heteroatoms. The molecule has 0 atom stereocenters. The first-order valence-electron chi connectivity index (χ1n) is 6.52. The van der Waals surface area contributed by atoms with Crippen LogP contribution in [0.15, 0.2) is 18.2 Å². The van der Waals surface area contributed by atoms with Crippen molar-refractivity contribution < 1.29 is 19.1 Å². The van der Waals surface area contributed by atoms with E-state index in [2.05, 4.69) is 16.2 Å². The SMILES string of the molecule is COc1ccc(C(=O)NNC(=S)NC(=O)C(C)C)cc1OC. The van der Waals surface area contributed by atoms with E-state index in [0.717, 1.165) is 0 Å². The number of hydrazine groups is 1. The number of carbonyl (C=O) groups is 2. The molecule has 0 aliphatic rings. The first kappa shape index (κ1) is 17.7. The number of thiocarbonyl (C=S) groups is 1. The molecule has 0 saturated heterocycles. The lowest BCUT2D eigenvalue weighted by Gasteiger charge is -2.13. The first-order chi connectivity index (χ1) is 10.4. The van der Waals surface area contributed by atoms with Gasteiger partial charge in [-0.1, -0.05) is 13.8 Å². The van der Waals surface area contributed by atoms with Crippen molar-refractivity contribution in [1.82, 2.24) is 16.2 Å². The Hall–Kier alpha value is -2.35. The smallest absolute Gasteiger partial charge is 0.269 e. The van der Waals surface area contributed by atoms with Gasteiger partial charge in [-0.2, -0.15) is 0 Å². The van der Waals surface area contributed by atoms with Gasteiger partial charge in [-0.3, -0.25) is 20.4 Å². The van der Waals surface area contributed by atoms with E-state index in [1.165, 1.54) is 20.3 Å². The molecular formula is C14H19N3O4S. The van der Waals surface area contributed by atoms with Crippen LogP contribution in [0.5, 0.6) is 11.5 Å². The van der Waals surface area contributed by atoms with E-state index in [0.29, 0.717) is 17.1 Å². The Morgan fingerprint density at radius 2 is 1.73 bits per heavy atom. The van der Waals surface area contributed by atoms with E-state index in [1.807, 2.05) is 0 Å². The largest absolute Gasteiger partial charge is 0.493 e. The predicted molar refractivity (Wildman–Crippen MR) is 85.7 cm³/mol. The van der Waals surface area contributed by atoms with Crippen LogP contribution in [0.2, 0.25) is 0 Å². The lowest BCUT2D eigenvalue weighted by Crippen LogP contribution is -2.49. The van der Waals surface area contributed by atoms with Crippen LogP contribution in [0.4, 0.5) is 0 Å². The van der Waals surface area contributed by atoms with Gasteiger partial charge in [0.1, 0.15) is 0 Å². The molecule has 0 aliphatic carbocycles. The highest BCUT2D eigenvalue weighted by Gasteiger charge is 2.12. The number of hydrogen-bond acceptors (Lipinski definition) is 5. The van der Waals surface area contributed by atoms with E-state index in [4.69, 9.17) is 21.7 Å². The van der Waals surface area contributed by atoms with Crippen LogP contribution in [0.25, 0.3) is 0 Å². The third-order valence-corrected chi connectivity index (χ3v) is 2.90. The van der Waals surface area contributed by atoms with Gasteiger partial charge < -0.3 is 14.8 Å². The maximum atomic E-state index is 12.0. The Morgan fingerprint density at radius 1 is 1.09 bits per heavy atom. The van der Waals surface area contributed by atoms with E-state index < -0.39 is 5.91 Å². The predicted octanol–water partition coefficient (Wildman–Crippen LogP) is 0.995. The highest BCUT2D eigenvalue weighted by Crippen LogP contribution is 2.27. The second-order valence-corrected chi connectivity index (χ2v) is 5.03. The molecule has 0 aromatic heterocycles. The minimum absolute atomic E-state index is 0.0209. The number of rotatable bonds is 4. The Kier molecular flexibility index (Phi) is 6.58. The number of ether oxygens (including phenoxy) is 2. The third kappa shape index (κ3) is 4.88. The Morgan fingerprint density at radius 3 is 2.27 bits per heavy atom. The van der Waals surface area contributed by atoms with Gasteiger partial charge in [0.25, 0.3) is 5.91 Å². The standard InChI is InChI=1S/C14H19N3O4S/c1-8(2)12(18)15-14(22)17-16-13(19)9-5-6-10(20-3)11(7-9)21-4/h5-8H,1-4H3,(H,16,19)(H2,15,17,18,22). The molecular weight excluding hydrogens is 306 g/mol. The number of nitrogens with one attached hydrogen (secondary N) is 3. The van der Waals surface area contributed by atoms with Crippen LogP contribution < -0.4 is 25.6 Å². The van der Waals surface area contributed by atoms with Gasteiger partial charge in [0.15, 0.2) is 16.6 Å². The van der Waals surface area contributed by atoms with E-state index >= 15 is 0 Å². The molecule has 0 radical (unpaired) electrons. The Bertz CT molecular complexity index is 575. The molecule has 3 N–H and O–H groups in total. The summed E-state index contributed by atoms with van der Waals surface area (Å²) in [5.74, 6) is 0.0822. The molecule has 0 spiro atoms. The van der Waals surface area contributed by atoms with Crippen LogP contribution in [-0.4, -0.2) is 31.1 Å². The van der Waals surface area contributed by atoms with E-state index in [9.17, 15) is 9.59 Å². The number of hydrogen-bond donors (Lipinski definition) is 3. The molecule has 1 aromatic carbocycles. The van der Waals surface area contributed by atoms with Crippen molar-refractivity contribution >= 4 is 29.1 Å². The van der Waals surface area contributed by atoms with Crippen molar-refractivity contribution in [1.29, 1.82) is 0 Å². The fourth-order valence-corrected chi connectivity index (χ4v) is 1.60. The number of carbonyl (C=O) groups excluding carboxylic acids is 2. The second kappa shape index (κ2) is 8.18.